The summed E-state index contributed by atoms with van der Waals surface area (Å²) in [7, 11) is 0. The summed E-state index contributed by atoms with van der Waals surface area (Å²) in [6.45, 7) is 1.71. The van der Waals surface area contributed by atoms with Gasteiger partial charge in [0.25, 0.3) is 0 Å². The van der Waals surface area contributed by atoms with Gasteiger partial charge in [-0.25, -0.2) is 4.98 Å². The molecular weight excluding hydrogens is 238 g/mol. The molecule has 2 fully saturated rings. The highest BCUT2D eigenvalue weighted by molar-refractivity contribution is 5.87. The van der Waals surface area contributed by atoms with E-state index in [9.17, 15) is 4.79 Å². The second-order valence-corrected chi connectivity index (χ2v) is 5.70. The van der Waals surface area contributed by atoms with Gasteiger partial charge in [0, 0.05) is 19.3 Å². The van der Waals surface area contributed by atoms with Crippen molar-refractivity contribution in [2.45, 2.75) is 32.1 Å². The van der Waals surface area contributed by atoms with Gasteiger partial charge in [-0.1, -0.05) is 6.07 Å². The molecule has 0 aliphatic heterocycles. The maximum absolute atomic E-state index is 11.9. The van der Waals surface area contributed by atoms with Crippen LogP contribution in [0.5, 0.6) is 0 Å². The summed E-state index contributed by atoms with van der Waals surface area (Å²) in [5, 5.41) is 6.35. The molecule has 0 bridgehead atoms. The minimum atomic E-state index is 0.0895. The van der Waals surface area contributed by atoms with Crippen LogP contribution in [0.25, 0.3) is 0 Å². The smallest absolute Gasteiger partial charge is 0.226 e. The van der Waals surface area contributed by atoms with Gasteiger partial charge in [-0.05, 0) is 50.2 Å². The van der Waals surface area contributed by atoms with Crippen LogP contribution in [0.4, 0.5) is 5.82 Å². The lowest BCUT2D eigenvalue weighted by molar-refractivity contribution is -0.129. The molecule has 1 amide bonds. The van der Waals surface area contributed by atoms with E-state index >= 15 is 0 Å². The first-order chi connectivity index (χ1) is 9.31. The fourth-order valence-corrected chi connectivity index (χ4v) is 2.99. The topological polar surface area (TPSA) is 54.0 Å². The van der Waals surface area contributed by atoms with Crippen LogP contribution in [-0.2, 0) is 4.79 Å². The van der Waals surface area contributed by atoms with Crippen LogP contribution in [0.2, 0.25) is 0 Å². The molecule has 3 rings (SSSR count). The molecule has 0 spiro atoms. The zero-order chi connectivity index (χ0) is 13.1. The van der Waals surface area contributed by atoms with Crippen LogP contribution < -0.4 is 10.6 Å². The Hall–Kier alpha value is -1.58. The first kappa shape index (κ1) is 12.5. The Morgan fingerprint density at radius 2 is 2.26 bits per heavy atom. The van der Waals surface area contributed by atoms with Crippen molar-refractivity contribution in [3.63, 3.8) is 0 Å². The van der Waals surface area contributed by atoms with Crippen LogP contribution in [-0.4, -0.2) is 24.0 Å². The van der Waals surface area contributed by atoms with E-state index in [2.05, 4.69) is 15.6 Å². The average Bonchev–Trinajstić information content (AvgIpc) is 2.97. The lowest BCUT2D eigenvalue weighted by atomic mass is 9.84. The van der Waals surface area contributed by atoms with Crippen molar-refractivity contribution in [2.75, 3.05) is 18.4 Å². The molecule has 4 nitrogen and oxygen atoms in total. The maximum atomic E-state index is 11.9. The molecule has 1 aromatic heterocycles. The van der Waals surface area contributed by atoms with Crippen molar-refractivity contribution in [3.05, 3.63) is 24.4 Å². The Labute approximate surface area is 114 Å². The summed E-state index contributed by atoms with van der Waals surface area (Å²) in [6, 6.07) is 5.84. The predicted octanol–water partition coefficient (Wildman–Crippen LogP) is 2.19. The van der Waals surface area contributed by atoms with Gasteiger partial charge in [0.15, 0.2) is 0 Å². The van der Waals surface area contributed by atoms with Crippen molar-refractivity contribution < 1.29 is 4.79 Å². The predicted molar refractivity (Wildman–Crippen MR) is 74.7 cm³/mol. The first-order valence-corrected chi connectivity index (χ1v) is 7.24. The van der Waals surface area contributed by atoms with Crippen molar-refractivity contribution in [1.82, 2.24) is 10.3 Å². The summed E-state index contributed by atoms with van der Waals surface area (Å²) in [5.41, 5.74) is 0.0895. The number of unbranched alkanes of at least 4 members (excludes halogenated alkanes) is 1. The van der Waals surface area contributed by atoms with Crippen molar-refractivity contribution in [3.8, 4) is 0 Å². The van der Waals surface area contributed by atoms with Crippen LogP contribution in [0.1, 0.15) is 32.1 Å². The van der Waals surface area contributed by atoms with Gasteiger partial charge in [-0.15, -0.1) is 0 Å². The number of anilines is 1. The molecule has 1 aromatic rings. The molecular formula is C15H21N3O. The van der Waals surface area contributed by atoms with E-state index < -0.39 is 0 Å². The second kappa shape index (κ2) is 5.19. The molecule has 2 N–H and O–H groups in total. The number of carbonyl (C=O) groups is 1. The molecule has 2 atom stereocenters. The standard InChI is InChI=1S/C15H21N3O/c19-14(15-7-6-12(15)11-15)18-10-4-3-9-17-13-5-1-2-8-16-13/h1-2,5,8,12H,3-4,6-7,9-11H2,(H,16,17)(H,18,19). The second-order valence-electron chi connectivity index (χ2n) is 5.70. The van der Waals surface area contributed by atoms with Crippen molar-refractivity contribution in [2.24, 2.45) is 11.3 Å². The van der Waals surface area contributed by atoms with E-state index in [1.165, 1.54) is 6.42 Å². The Balaban J connectivity index is 1.25. The molecule has 0 saturated heterocycles. The quantitative estimate of drug-likeness (QED) is 0.738. The van der Waals surface area contributed by atoms with Crippen LogP contribution in [0, 0.1) is 11.3 Å². The minimum absolute atomic E-state index is 0.0895. The largest absolute Gasteiger partial charge is 0.370 e. The Bertz CT molecular complexity index is 444. The number of nitrogens with one attached hydrogen (secondary N) is 2. The average molecular weight is 259 g/mol. The third-order valence-electron chi connectivity index (χ3n) is 4.48. The maximum Gasteiger partial charge on any atom is 0.226 e. The number of hydrogen-bond acceptors (Lipinski definition) is 3. The Morgan fingerprint density at radius 3 is 2.89 bits per heavy atom. The van der Waals surface area contributed by atoms with Gasteiger partial charge < -0.3 is 10.6 Å². The molecule has 0 radical (unpaired) electrons. The molecule has 19 heavy (non-hydrogen) atoms. The molecule has 2 saturated carbocycles. The molecule has 2 aliphatic carbocycles. The van der Waals surface area contributed by atoms with E-state index in [1.807, 2.05) is 18.2 Å². The number of amides is 1. The number of rotatable bonds is 7. The molecule has 102 valence electrons. The fourth-order valence-electron chi connectivity index (χ4n) is 2.99. The minimum Gasteiger partial charge on any atom is -0.370 e. The summed E-state index contributed by atoms with van der Waals surface area (Å²) in [6.07, 6.45) is 7.37. The Morgan fingerprint density at radius 1 is 1.37 bits per heavy atom. The fraction of sp³-hybridized carbons (Fsp3) is 0.600. The van der Waals surface area contributed by atoms with Gasteiger partial charge in [-0.2, -0.15) is 0 Å². The molecule has 1 heterocycles. The lowest BCUT2D eigenvalue weighted by Gasteiger charge is -2.24. The third-order valence-corrected chi connectivity index (χ3v) is 4.48. The van der Waals surface area contributed by atoms with Crippen molar-refractivity contribution in [1.29, 1.82) is 0 Å². The number of carbonyl (C=O) groups excluding carboxylic acids is 1. The number of nitrogens with zero attached hydrogens (tertiary/aromatic N) is 1. The zero-order valence-corrected chi connectivity index (χ0v) is 11.2. The molecule has 0 aromatic carbocycles. The Kier molecular flexibility index (Phi) is 3.40. The lowest BCUT2D eigenvalue weighted by Crippen LogP contribution is -2.37. The SMILES string of the molecule is O=C(NCCCCNc1ccccn1)C12CCC1C2. The van der Waals surface area contributed by atoms with Crippen LogP contribution in [0.15, 0.2) is 24.4 Å². The summed E-state index contributed by atoms with van der Waals surface area (Å²) < 4.78 is 0. The van der Waals surface area contributed by atoms with Gasteiger partial charge in [0.1, 0.15) is 5.82 Å². The van der Waals surface area contributed by atoms with Gasteiger partial charge in [-0.3, -0.25) is 4.79 Å². The first-order valence-electron chi connectivity index (χ1n) is 7.24. The molecule has 2 unspecified atom stereocenters. The molecule has 2 aliphatic rings. The number of fused-ring (bicyclic) bond motifs is 1. The van der Waals surface area contributed by atoms with Crippen LogP contribution >= 0.6 is 0 Å². The number of pyridine rings is 1. The highest BCUT2D eigenvalue weighted by Crippen LogP contribution is 2.67. The summed E-state index contributed by atoms with van der Waals surface area (Å²) in [4.78, 5) is 16.1. The van der Waals surface area contributed by atoms with E-state index in [4.69, 9.17) is 0 Å². The zero-order valence-electron chi connectivity index (χ0n) is 11.2. The number of aromatic nitrogens is 1. The number of hydrogen-bond donors (Lipinski definition) is 2. The van der Waals surface area contributed by atoms with E-state index in [0.29, 0.717) is 5.91 Å². The highest BCUT2D eigenvalue weighted by Gasteiger charge is 2.65. The summed E-state index contributed by atoms with van der Waals surface area (Å²) >= 11 is 0. The van der Waals surface area contributed by atoms with Gasteiger partial charge in [0.2, 0.25) is 5.91 Å². The van der Waals surface area contributed by atoms with E-state index in [-0.39, 0.29) is 5.41 Å². The van der Waals surface area contributed by atoms with Crippen molar-refractivity contribution >= 4 is 11.7 Å². The van der Waals surface area contributed by atoms with Gasteiger partial charge >= 0.3 is 0 Å². The van der Waals surface area contributed by atoms with Gasteiger partial charge in [0.05, 0.1) is 5.41 Å². The van der Waals surface area contributed by atoms with E-state index in [1.54, 1.807) is 6.20 Å². The monoisotopic (exact) mass is 259 g/mol. The summed E-state index contributed by atoms with van der Waals surface area (Å²) in [5.74, 6) is 1.94. The highest BCUT2D eigenvalue weighted by atomic mass is 16.2. The van der Waals surface area contributed by atoms with Crippen LogP contribution in [0.3, 0.4) is 0 Å². The normalized spacial score (nSPS) is 27.1. The molecule has 4 heteroatoms. The third kappa shape index (κ3) is 2.57. The van der Waals surface area contributed by atoms with E-state index in [0.717, 1.165) is 50.5 Å².